The summed E-state index contributed by atoms with van der Waals surface area (Å²) < 4.78 is 10.7. The summed E-state index contributed by atoms with van der Waals surface area (Å²) in [4.78, 5) is 43.7. The second-order valence-corrected chi connectivity index (χ2v) is 8.31. The first-order valence-corrected chi connectivity index (χ1v) is 11.5. The minimum Gasteiger partial charge on any atom is -0.507 e. The van der Waals surface area contributed by atoms with E-state index in [1.807, 2.05) is 6.92 Å². The van der Waals surface area contributed by atoms with Crippen molar-refractivity contribution in [1.29, 1.82) is 0 Å². The van der Waals surface area contributed by atoms with Gasteiger partial charge in [0.2, 0.25) is 0 Å². The molecule has 1 unspecified atom stereocenters. The lowest BCUT2D eigenvalue weighted by molar-refractivity contribution is -0.144. The molecule has 8 nitrogen and oxygen atoms in total. The van der Waals surface area contributed by atoms with E-state index in [4.69, 9.17) is 9.47 Å². The third-order valence-corrected chi connectivity index (χ3v) is 6.27. The van der Waals surface area contributed by atoms with Crippen LogP contribution < -0.4 is 9.64 Å². The fourth-order valence-electron chi connectivity index (χ4n) is 4.80. The third kappa shape index (κ3) is 3.70. The van der Waals surface area contributed by atoms with E-state index in [-0.39, 0.29) is 18.7 Å². The monoisotopic (exact) mass is 476 g/mol. The number of methoxy groups -OCH3 is 1. The lowest BCUT2D eigenvalue weighted by Gasteiger charge is -2.34. The lowest BCUT2D eigenvalue weighted by atomic mass is 9.82. The average molecular weight is 477 g/mol. The molecule has 2 aliphatic rings. The Morgan fingerprint density at radius 2 is 1.80 bits per heavy atom. The molecule has 2 amide bonds. The molecule has 1 N–H and O–H groups in total. The van der Waals surface area contributed by atoms with E-state index in [9.17, 15) is 19.5 Å². The fourth-order valence-corrected chi connectivity index (χ4v) is 4.80. The third-order valence-electron chi connectivity index (χ3n) is 6.27. The molecule has 182 valence electrons. The number of amides is 2. The van der Waals surface area contributed by atoms with Gasteiger partial charge in [0.05, 0.1) is 17.9 Å². The first kappa shape index (κ1) is 24.2. The Morgan fingerprint density at radius 1 is 1.09 bits per heavy atom. The summed E-state index contributed by atoms with van der Waals surface area (Å²) in [5, 5.41) is 11.4. The number of hydrogen-bond acceptors (Lipinski definition) is 6. The fraction of sp³-hybridized carbons (Fsp3) is 0.296. The van der Waals surface area contributed by atoms with Crippen LogP contribution in [0, 0.1) is 0 Å². The smallest absolute Gasteiger partial charge is 0.296 e. The highest BCUT2D eigenvalue weighted by Gasteiger charge is 2.66. The quantitative estimate of drug-likeness (QED) is 0.258. The molecular formula is C27H28N2O6. The molecule has 1 atom stereocenters. The van der Waals surface area contributed by atoms with Gasteiger partial charge < -0.3 is 24.4 Å². The number of ether oxygens (including phenoxy) is 2. The predicted octanol–water partition coefficient (Wildman–Crippen LogP) is 3.23. The molecule has 4 rings (SSSR count). The Kier molecular flexibility index (Phi) is 6.75. The SMILES string of the molecule is C=CCOc1ccc(/C(O)=C2/C(=O)C(=O)N(CCOC)C23C(=O)N(CCC)c2ccccc23)cc1. The number of likely N-dealkylation sites (tertiary alicyclic amines) is 1. The van der Waals surface area contributed by atoms with E-state index in [2.05, 4.69) is 6.58 Å². The van der Waals surface area contributed by atoms with E-state index in [1.54, 1.807) is 59.5 Å². The van der Waals surface area contributed by atoms with E-state index < -0.39 is 28.9 Å². The number of carbonyl (C=O) groups is 3. The van der Waals surface area contributed by atoms with Crippen LogP contribution in [-0.4, -0.2) is 61.0 Å². The molecule has 1 spiro atoms. The van der Waals surface area contributed by atoms with Crippen LogP contribution >= 0.6 is 0 Å². The van der Waals surface area contributed by atoms with Crippen LogP contribution in [0.15, 0.2) is 66.8 Å². The topological polar surface area (TPSA) is 96.4 Å². The van der Waals surface area contributed by atoms with Crippen LogP contribution in [0.2, 0.25) is 0 Å². The van der Waals surface area contributed by atoms with Gasteiger partial charge in [0, 0.05) is 31.3 Å². The van der Waals surface area contributed by atoms with Gasteiger partial charge in [0.25, 0.3) is 17.6 Å². The molecule has 0 aromatic heterocycles. The number of nitrogens with zero attached hydrogens (tertiary/aromatic N) is 2. The van der Waals surface area contributed by atoms with Crippen molar-refractivity contribution < 1.29 is 29.0 Å². The minimum absolute atomic E-state index is 0.00617. The van der Waals surface area contributed by atoms with Gasteiger partial charge in [-0.1, -0.05) is 37.8 Å². The molecule has 2 aromatic rings. The number of para-hydroxylation sites is 1. The van der Waals surface area contributed by atoms with Gasteiger partial charge in [-0.05, 0) is 36.8 Å². The molecule has 2 aromatic carbocycles. The molecule has 2 heterocycles. The van der Waals surface area contributed by atoms with Crippen LogP contribution in [-0.2, 0) is 24.7 Å². The second-order valence-electron chi connectivity index (χ2n) is 8.31. The first-order valence-electron chi connectivity index (χ1n) is 11.5. The van der Waals surface area contributed by atoms with Crippen LogP contribution in [0.3, 0.4) is 0 Å². The van der Waals surface area contributed by atoms with Gasteiger partial charge >= 0.3 is 0 Å². The Bertz CT molecular complexity index is 1200. The number of rotatable bonds is 9. The number of ketones is 1. The van der Waals surface area contributed by atoms with E-state index in [1.165, 1.54) is 12.0 Å². The van der Waals surface area contributed by atoms with Crippen LogP contribution in [0.1, 0.15) is 24.5 Å². The average Bonchev–Trinajstić information content (AvgIpc) is 3.25. The number of fused-ring (bicyclic) bond motifs is 2. The van der Waals surface area contributed by atoms with Crippen molar-refractivity contribution in [3.63, 3.8) is 0 Å². The number of hydrogen-bond donors (Lipinski definition) is 1. The van der Waals surface area contributed by atoms with E-state index in [0.717, 1.165) is 0 Å². The summed E-state index contributed by atoms with van der Waals surface area (Å²) >= 11 is 0. The van der Waals surface area contributed by atoms with Crippen molar-refractivity contribution in [2.75, 3.05) is 38.3 Å². The summed E-state index contributed by atoms with van der Waals surface area (Å²) in [6.07, 6.45) is 2.28. The Balaban J connectivity index is 1.96. The zero-order valence-electron chi connectivity index (χ0n) is 19.8. The highest BCUT2D eigenvalue weighted by Crippen LogP contribution is 2.53. The number of anilines is 1. The van der Waals surface area contributed by atoms with Gasteiger partial charge in [-0.2, -0.15) is 0 Å². The van der Waals surface area contributed by atoms with Crippen LogP contribution in [0.5, 0.6) is 5.75 Å². The molecule has 0 bridgehead atoms. The summed E-state index contributed by atoms with van der Waals surface area (Å²) in [6, 6.07) is 13.5. The normalized spacial score (nSPS) is 20.6. The Labute approximate surface area is 204 Å². The summed E-state index contributed by atoms with van der Waals surface area (Å²) in [5.74, 6) is -2.07. The van der Waals surface area contributed by atoms with Crippen molar-refractivity contribution in [1.82, 2.24) is 4.90 Å². The van der Waals surface area contributed by atoms with Crippen molar-refractivity contribution >= 4 is 29.0 Å². The maximum absolute atomic E-state index is 14.1. The van der Waals surface area contributed by atoms with Crippen molar-refractivity contribution in [2.45, 2.75) is 18.9 Å². The summed E-state index contributed by atoms with van der Waals surface area (Å²) in [7, 11) is 1.48. The second kappa shape index (κ2) is 9.76. The number of aliphatic hydroxyl groups is 1. The number of carbonyl (C=O) groups excluding carboxylic acids is 3. The maximum atomic E-state index is 14.1. The van der Waals surface area contributed by atoms with E-state index in [0.29, 0.717) is 42.1 Å². The number of benzene rings is 2. The molecule has 1 saturated heterocycles. The largest absolute Gasteiger partial charge is 0.507 e. The van der Waals surface area contributed by atoms with Gasteiger partial charge in [-0.25, -0.2) is 0 Å². The van der Waals surface area contributed by atoms with Crippen LogP contribution in [0.4, 0.5) is 5.69 Å². The van der Waals surface area contributed by atoms with Crippen molar-refractivity contribution in [3.8, 4) is 5.75 Å². The molecule has 2 aliphatic heterocycles. The van der Waals surface area contributed by atoms with Crippen LogP contribution in [0.25, 0.3) is 5.76 Å². The molecule has 1 fully saturated rings. The maximum Gasteiger partial charge on any atom is 0.296 e. The van der Waals surface area contributed by atoms with Gasteiger partial charge in [0.15, 0.2) is 5.54 Å². The molecular weight excluding hydrogens is 448 g/mol. The van der Waals surface area contributed by atoms with Gasteiger partial charge in [-0.15, -0.1) is 0 Å². The van der Waals surface area contributed by atoms with Crippen molar-refractivity contribution in [2.24, 2.45) is 0 Å². The predicted molar refractivity (Wildman–Crippen MR) is 131 cm³/mol. The zero-order valence-corrected chi connectivity index (χ0v) is 19.8. The Morgan fingerprint density at radius 3 is 2.46 bits per heavy atom. The molecule has 0 radical (unpaired) electrons. The molecule has 8 heteroatoms. The van der Waals surface area contributed by atoms with Gasteiger partial charge in [0.1, 0.15) is 18.1 Å². The molecule has 0 saturated carbocycles. The minimum atomic E-state index is -1.78. The van der Waals surface area contributed by atoms with Gasteiger partial charge in [-0.3, -0.25) is 14.4 Å². The van der Waals surface area contributed by atoms with Crippen molar-refractivity contribution in [3.05, 3.63) is 77.9 Å². The van der Waals surface area contributed by atoms with E-state index >= 15 is 0 Å². The highest BCUT2D eigenvalue weighted by molar-refractivity contribution is 6.50. The zero-order chi connectivity index (χ0) is 25.2. The first-order chi connectivity index (χ1) is 16.9. The molecule has 0 aliphatic carbocycles. The summed E-state index contributed by atoms with van der Waals surface area (Å²) in [5.41, 5.74) is -0.627. The molecule has 35 heavy (non-hydrogen) atoms. The standard InChI is InChI=1S/C27H28N2O6/c1-4-14-28-21-9-7-6-8-20(21)27(26(28)33)22(24(31)25(32)29(27)15-17-34-3)23(30)18-10-12-19(13-11-18)35-16-5-2/h5-13,30H,2,4,14-17H2,1,3H3/b23-22+. The number of aliphatic hydroxyl groups excluding tert-OH is 1. The highest BCUT2D eigenvalue weighted by atomic mass is 16.5. The Hall–Kier alpha value is -3.91. The summed E-state index contributed by atoms with van der Waals surface area (Å²) in [6.45, 7) is 6.40. The number of Topliss-reactive ketones (excluding diaryl/α,β-unsaturated/α-hetero) is 1. The lowest BCUT2D eigenvalue weighted by Crippen LogP contribution is -2.52.